The molecule has 1 aliphatic rings. The molecule has 0 radical (unpaired) electrons. The SMILES string of the molecule is COc1ccc2nc(C(C)Cl)n(CC3(C)CCCC3)c2c1. The van der Waals surface area contributed by atoms with Crippen LogP contribution in [0.3, 0.4) is 0 Å². The number of imidazole rings is 1. The molecule has 1 unspecified atom stereocenters. The highest BCUT2D eigenvalue weighted by molar-refractivity contribution is 6.20. The Balaban J connectivity index is 2.10. The quantitative estimate of drug-likeness (QED) is 0.749. The number of alkyl halides is 1. The number of aromatic nitrogens is 2. The fourth-order valence-electron chi connectivity index (χ4n) is 3.49. The van der Waals surface area contributed by atoms with Crippen molar-refractivity contribution < 1.29 is 4.74 Å². The zero-order chi connectivity index (χ0) is 15.0. The number of rotatable bonds is 4. The van der Waals surface area contributed by atoms with Crippen molar-refractivity contribution in [3.8, 4) is 5.75 Å². The summed E-state index contributed by atoms with van der Waals surface area (Å²) in [5.41, 5.74) is 2.49. The van der Waals surface area contributed by atoms with Crippen LogP contribution in [0.25, 0.3) is 11.0 Å². The molecule has 1 atom stereocenters. The van der Waals surface area contributed by atoms with Crippen LogP contribution in [0.1, 0.15) is 50.7 Å². The van der Waals surface area contributed by atoms with Crippen molar-refractivity contribution >= 4 is 22.6 Å². The lowest BCUT2D eigenvalue weighted by atomic mass is 9.88. The molecule has 0 spiro atoms. The van der Waals surface area contributed by atoms with E-state index in [1.54, 1.807) is 7.11 Å². The lowest BCUT2D eigenvalue weighted by molar-refractivity contribution is 0.281. The van der Waals surface area contributed by atoms with Crippen LogP contribution in [0.4, 0.5) is 0 Å². The van der Waals surface area contributed by atoms with Crippen LogP contribution >= 0.6 is 11.6 Å². The Bertz CT molecular complexity index is 642. The van der Waals surface area contributed by atoms with Gasteiger partial charge in [0.05, 0.1) is 23.5 Å². The number of fused-ring (bicyclic) bond motifs is 1. The van der Waals surface area contributed by atoms with Crippen molar-refractivity contribution in [2.75, 3.05) is 7.11 Å². The van der Waals surface area contributed by atoms with Crippen LogP contribution in [-0.4, -0.2) is 16.7 Å². The lowest BCUT2D eigenvalue weighted by Crippen LogP contribution is -2.21. The molecule has 0 N–H and O–H groups in total. The molecule has 0 saturated heterocycles. The van der Waals surface area contributed by atoms with Crippen molar-refractivity contribution in [2.45, 2.75) is 51.5 Å². The van der Waals surface area contributed by atoms with Crippen LogP contribution in [0.15, 0.2) is 18.2 Å². The molecule has 1 aliphatic carbocycles. The Morgan fingerprint density at radius 1 is 1.38 bits per heavy atom. The Labute approximate surface area is 131 Å². The van der Waals surface area contributed by atoms with Crippen LogP contribution in [0.2, 0.25) is 0 Å². The molecule has 1 aromatic carbocycles. The first-order chi connectivity index (χ1) is 10.0. The fourth-order valence-corrected chi connectivity index (χ4v) is 3.65. The van der Waals surface area contributed by atoms with Gasteiger partial charge in [-0.1, -0.05) is 19.8 Å². The zero-order valence-corrected chi connectivity index (χ0v) is 13.8. The van der Waals surface area contributed by atoms with E-state index in [9.17, 15) is 0 Å². The number of hydrogen-bond acceptors (Lipinski definition) is 2. The molecule has 3 nitrogen and oxygen atoms in total. The van der Waals surface area contributed by atoms with E-state index in [4.69, 9.17) is 21.3 Å². The van der Waals surface area contributed by atoms with Gasteiger partial charge < -0.3 is 9.30 Å². The molecule has 3 rings (SSSR count). The number of methoxy groups -OCH3 is 1. The van der Waals surface area contributed by atoms with Gasteiger partial charge in [0.25, 0.3) is 0 Å². The second-order valence-electron chi connectivity index (χ2n) is 6.54. The van der Waals surface area contributed by atoms with Gasteiger partial charge in [-0.3, -0.25) is 0 Å². The summed E-state index contributed by atoms with van der Waals surface area (Å²) in [6.45, 7) is 5.37. The van der Waals surface area contributed by atoms with Gasteiger partial charge in [-0.15, -0.1) is 11.6 Å². The highest BCUT2D eigenvalue weighted by Gasteiger charge is 2.31. The van der Waals surface area contributed by atoms with E-state index in [1.165, 1.54) is 25.7 Å². The first-order valence-corrected chi connectivity index (χ1v) is 8.14. The van der Waals surface area contributed by atoms with E-state index >= 15 is 0 Å². The molecular weight excluding hydrogens is 284 g/mol. The minimum atomic E-state index is -0.0894. The van der Waals surface area contributed by atoms with Crippen LogP contribution in [0, 0.1) is 5.41 Å². The van der Waals surface area contributed by atoms with Crippen molar-refractivity contribution in [3.63, 3.8) is 0 Å². The second-order valence-corrected chi connectivity index (χ2v) is 7.20. The van der Waals surface area contributed by atoms with E-state index < -0.39 is 0 Å². The van der Waals surface area contributed by atoms with Crippen LogP contribution < -0.4 is 4.74 Å². The summed E-state index contributed by atoms with van der Waals surface area (Å²) in [6, 6.07) is 6.05. The second kappa shape index (κ2) is 5.53. The van der Waals surface area contributed by atoms with Gasteiger partial charge in [0.2, 0.25) is 0 Å². The van der Waals surface area contributed by atoms with Crippen molar-refractivity contribution in [1.29, 1.82) is 0 Å². The molecular formula is C17H23ClN2O. The monoisotopic (exact) mass is 306 g/mol. The zero-order valence-electron chi connectivity index (χ0n) is 13.0. The summed E-state index contributed by atoms with van der Waals surface area (Å²) >= 11 is 6.37. The maximum Gasteiger partial charge on any atom is 0.127 e. The van der Waals surface area contributed by atoms with Crippen LogP contribution in [0.5, 0.6) is 5.75 Å². The van der Waals surface area contributed by atoms with E-state index in [1.807, 2.05) is 19.1 Å². The molecule has 114 valence electrons. The number of benzene rings is 1. The number of nitrogens with zero attached hydrogens (tertiary/aromatic N) is 2. The number of hydrogen-bond donors (Lipinski definition) is 0. The average molecular weight is 307 g/mol. The molecule has 1 fully saturated rings. The summed E-state index contributed by atoms with van der Waals surface area (Å²) in [5, 5.41) is -0.0894. The standard InChI is InChI=1S/C17H23ClN2O/c1-12(18)16-19-14-7-6-13(21-3)10-15(14)20(16)11-17(2)8-4-5-9-17/h6-7,10,12H,4-5,8-9,11H2,1-3H3. The lowest BCUT2D eigenvalue weighted by Gasteiger charge is -2.26. The minimum Gasteiger partial charge on any atom is -0.497 e. The van der Waals surface area contributed by atoms with Gasteiger partial charge in [0, 0.05) is 12.6 Å². The maximum atomic E-state index is 6.37. The molecule has 4 heteroatoms. The van der Waals surface area contributed by atoms with Crippen molar-refractivity contribution in [2.24, 2.45) is 5.41 Å². The first kappa shape index (κ1) is 14.7. The molecule has 2 aromatic rings. The van der Waals surface area contributed by atoms with Gasteiger partial charge in [-0.2, -0.15) is 0 Å². The smallest absolute Gasteiger partial charge is 0.127 e. The van der Waals surface area contributed by atoms with E-state index in [2.05, 4.69) is 17.6 Å². The van der Waals surface area contributed by atoms with Gasteiger partial charge in [0.1, 0.15) is 11.6 Å². The fraction of sp³-hybridized carbons (Fsp3) is 0.588. The molecule has 1 aromatic heterocycles. The summed E-state index contributed by atoms with van der Waals surface area (Å²) in [6.07, 6.45) is 5.23. The Morgan fingerprint density at radius 2 is 2.10 bits per heavy atom. The predicted molar refractivity (Wildman–Crippen MR) is 87.1 cm³/mol. The van der Waals surface area contributed by atoms with Crippen molar-refractivity contribution in [1.82, 2.24) is 9.55 Å². The molecule has 0 aliphatic heterocycles. The summed E-state index contributed by atoms with van der Waals surface area (Å²) in [5.74, 6) is 1.84. The average Bonchev–Trinajstić information content (AvgIpc) is 3.03. The molecule has 0 bridgehead atoms. The largest absolute Gasteiger partial charge is 0.497 e. The van der Waals surface area contributed by atoms with E-state index in [0.29, 0.717) is 5.41 Å². The molecule has 0 amide bonds. The first-order valence-electron chi connectivity index (χ1n) is 7.71. The van der Waals surface area contributed by atoms with Gasteiger partial charge in [-0.25, -0.2) is 4.98 Å². The topological polar surface area (TPSA) is 27.1 Å². The maximum absolute atomic E-state index is 6.37. The summed E-state index contributed by atoms with van der Waals surface area (Å²) in [4.78, 5) is 4.74. The number of halogens is 1. The third-order valence-corrected chi connectivity index (χ3v) is 4.89. The van der Waals surface area contributed by atoms with Gasteiger partial charge in [0.15, 0.2) is 0 Å². The highest BCUT2D eigenvalue weighted by atomic mass is 35.5. The predicted octanol–water partition coefficient (Wildman–Crippen LogP) is 4.93. The Hall–Kier alpha value is -1.22. The third kappa shape index (κ3) is 2.76. The van der Waals surface area contributed by atoms with E-state index in [0.717, 1.165) is 29.2 Å². The Morgan fingerprint density at radius 3 is 2.71 bits per heavy atom. The molecule has 21 heavy (non-hydrogen) atoms. The number of ether oxygens (including phenoxy) is 1. The normalized spacial score (nSPS) is 19.0. The summed E-state index contributed by atoms with van der Waals surface area (Å²) < 4.78 is 7.67. The van der Waals surface area contributed by atoms with Gasteiger partial charge >= 0.3 is 0 Å². The van der Waals surface area contributed by atoms with Crippen LogP contribution in [-0.2, 0) is 6.54 Å². The van der Waals surface area contributed by atoms with Crippen molar-refractivity contribution in [3.05, 3.63) is 24.0 Å². The van der Waals surface area contributed by atoms with E-state index in [-0.39, 0.29) is 5.38 Å². The minimum absolute atomic E-state index is 0.0894. The van der Waals surface area contributed by atoms with Gasteiger partial charge in [-0.05, 0) is 37.3 Å². The third-order valence-electron chi connectivity index (χ3n) is 4.69. The molecule has 1 heterocycles. The summed E-state index contributed by atoms with van der Waals surface area (Å²) in [7, 11) is 1.70. The highest BCUT2D eigenvalue weighted by Crippen LogP contribution is 2.41. The Kier molecular flexibility index (Phi) is 3.87. The molecule has 1 saturated carbocycles.